The molecule has 3 rings (SSSR count). The van der Waals surface area contributed by atoms with Crippen LogP contribution in [-0.4, -0.2) is 21.0 Å². The molecule has 3 heterocycles. The fourth-order valence-electron chi connectivity index (χ4n) is 2.16. The van der Waals surface area contributed by atoms with Crippen LogP contribution in [-0.2, 0) is 6.54 Å². The maximum atomic E-state index is 12.2. The van der Waals surface area contributed by atoms with Gasteiger partial charge >= 0.3 is 0 Å². The third kappa shape index (κ3) is 2.45. The van der Waals surface area contributed by atoms with Crippen molar-refractivity contribution in [2.75, 3.05) is 5.73 Å². The Morgan fingerprint density at radius 3 is 3.00 bits per heavy atom. The Morgan fingerprint density at radius 2 is 2.29 bits per heavy atom. The molecule has 0 bridgehead atoms. The Kier molecular flexibility index (Phi) is 3.30. The highest BCUT2D eigenvalue weighted by Gasteiger charge is 2.18. The number of fused-ring (bicyclic) bond motifs is 1. The van der Waals surface area contributed by atoms with Crippen LogP contribution in [0, 0.1) is 13.8 Å². The molecule has 0 saturated heterocycles. The molecule has 0 aliphatic heterocycles. The van der Waals surface area contributed by atoms with Crippen molar-refractivity contribution < 1.29 is 9.32 Å². The van der Waals surface area contributed by atoms with Crippen LogP contribution in [0.4, 0.5) is 5.69 Å². The Bertz CT molecular complexity index is 810. The minimum atomic E-state index is -0.254. The fraction of sp³-hybridized carbons (Fsp3) is 0.231. The fourth-order valence-corrected chi connectivity index (χ4v) is 3.34. The van der Waals surface area contributed by atoms with Crippen molar-refractivity contribution in [3.8, 4) is 0 Å². The zero-order valence-corrected chi connectivity index (χ0v) is 12.3. The molecule has 21 heavy (non-hydrogen) atoms. The lowest BCUT2D eigenvalue weighted by Crippen LogP contribution is -2.23. The van der Waals surface area contributed by atoms with Crippen molar-refractivity contribution in [3.63, 3.8) is 0 Å². The van der Waals surface area contributed by atoms with E-state index in [2.05, 4.69) is 25.0 Å². The Labute approximate surface area is 124 Å². The maximum Gasteiger partial charge on any atom is 0.263 e. The zero-order chi connectivity index (χ0) is 15.0. The monoisotopic (exact) mass is 303 g/mol. The summed E-state index contributed by atoms with van der Waals surface area (Å²) in [5.74, 6) is 0.160. The summed E-state index contributed by atoms with van der Waals surface area (Å²) < 4.78 is 5.57. The molecule has 0 aliphatic rings. The molecule has 108 valence electrons. The number of rotatable bonds is 3. The molecular weight excluding hydrogens is 290 g/mol. The molecule has 8 heteroatoms. The van der Waals surface area contributed by atoms with Crippen LogP contribution in [0.15, 0.2) is 17.0 Å². The molecular formula is C13H13N5O2S. The van der Waals surface area contributed by atoms with E-state index in [-0.39, 0.29) is 12.5 Å². The first-order chi connectivity index (χ1) is 10.1. The number of aromatic nitrogens is 3. The van der Waals surface area contributed by atoms with Gasteiger partial charge in [0.25, 0.3) is 5.91 Å². The lowest BCUT2D eigenvalue weighted by Gasteiger charge is -2.01. The van der Waals surface area contributed by atoms with Crippen LogP contribution in [0.2, 0.25) is 0 Å². The molecule has 7 nitrogen and oxygen atoms in total. The Morgan fingerprint density at radius 1 is 1.48 bits per heavy atom. The van der Waals surface area contributed by atoms with Crippen molar-refractivity contribution in [1.29, 1.82) is 0 Å². The first-order valence-electron chi connectivity index (χ1n) is 6.26. The average molecular weight is 303 g/mol. The second kappa shape index (κ2) is 5.13. The minimum absolute atomic E-state index is 0.194. The van der Waals surface area contributed by atoms with Gasteiger partial charge in [-0.3, -0.25) is 9.78 Å². The van der Waals surface area contributed by atoms with Crippen molar-refractivity contribution in [2.24, 2.45) is 0 Å². The van der Waals surface area contributed by atoms with Gasteiger partial charge in [-0.1, -0.05) is 5.16 Å². The number of nitrogens with two attached hydrogens (primary N) is 1. The predicted octanol–water partition coefficient (Wildman–Crippen LogP) is 1.81. The van der Waals surface area contributed by atoms with Crippen LogP contribution in [0.25, 0.3) is 10.1 Å². The molecule has 0 aliphatic carbocycles. The number of carbonyl (C=O) groups excluding carboxylic acids is 1. The number of nitrogens with zero attached hydrogens (tertiary/aromatic N) is 3. The largest absolute Gasteiger partial charge is 0.397 e. The predicted molar refractivity (Wildman–Crippen MR) is 79.0 cm³/mol. The summed E-state index contributed by atoms with van der Waals surface area (Å²) in [5, 5.41) is 7.20. The van der Waals surface area contributed by atoms with Crippen molar-refractivity contribution in [3.05, 3.63) is 34.5 Å². The van der Waals surface area contributed by atoms with E-state index in [1.165, 1.54) is 17.7 Å². The first kappa shape index (κ1) is 13.5. The summed E-state index contributed by atoms with van der Waals surface area (Å²) in [7, 11) is 0. The van der Waals surface area contributed by atoms with E-state index in [1.807, 2.05) is 19.9 Å². The molecule has 0 unspecified atom stereocenters. The highest BCUT2D eigenvalue weighted by Crippen LogP contribution is 2.35. The third-order valence-corrected chi connectivity index (χ3v) is 4.19. The lowest BCUT2D eigenvalue weighted by atomic mass is 10.2. The highest BCUT2D eigenvalue weighted by molar-refractivity contribution is 7.21. The maximum absolute atomic E-state index is 12.2. The molecule has 3 aromatic heterocycles. The number of thiophene rings is 1. The summed E-state index contributed by atoms with van der Waals surface area (Å²) in [6.07, 6.45) is 1.22. The molecule has 0 spiro atoms. The number of amides is 1. The topological polar surface area (TPSA) is 107 Å². The second-order valence-corrected chi connectivity index (χ2v) is 5.65. The molecule has 1 amide bonds. The summed E-state index contributed by atoms with van der Waals surface area (Å²) >= 11 is 1.36. The lowest BCUT2D eigenvalue weighted by molar-refractivity contribution is 0.0954. The van der Waals surface area contributed by atoms with Gasteiger partial charge in [-0.15, -0.1) is 11.3 Å². The van der Waals surface area contributed by atoms with Gasteiger partial charge in [-0.25, -0.2) is 0 Å². The zero-order valence-electron chi connectivity index (χ0n) is 11.5. The molecule has 3 aromatic rings. The highest BCUT2D eigenvalue weighted by atomic mass is 32.1. The van der Waals surface area contributed by atoms with Crippen LogP contribution in [0.3, 0.4) is 0 Å². The standard InChI is InChI=1S/C13H13N5O2S/c1-6-3-8-10(7(2)17-6)11(14)12(21-8)13(19)15-4-9-16-5-20-18-9/h3,5H,4,14H2,1-2H3,(H,15,19). The first-order valence-corrected chi connectivity index (χ1v) is 7.07. The molecule has 3 N–H and O–H groups in total. The quantitative estimate of drug-likeness (QED) is 0.764. The molecule has 0 fully saturated rings. The van der Waals surface area contributed by atoms with E-state index in [0.717, 1.165) is 21.5 Å². The number of hydrogen-bond donors (Lipinski definition) is 2. The molecule has 0 atom stereocenters. The average Bonchev–Trinajstić information content (AvgIpc) is 3.04. The van der Waals surface area contributed by atoms with Gasteiger partial charge < -0.3 is 15.6 Å². The third-order valence-electron chi connectivity index (χ3n) is 3.04. The van der Waals surface area contributed by atoms with E-state index in [9.17, 15) is 4.79 Å². The smallest absolute Gasteiger partial charge is 0.263 e. The molecule has 0 radical (unpaired) electrons. The van der Waals surface area contributed by atoms with Gasteiger partial charge in [0.2, 0.25) is 6.39 Å². The van der Waals surface area contributed by atoms with E-state index in [0.29, 0.717) is 16.4 Å². The molecule has 0 aromatic carbocycles. The number of anilines is 1. The number of carbonyl (C=O) groups is 1. The van der Waals surface area contributed by atoms with Crippen molar-refractivity contribution >= 4 is 33.0 Å². The van der Waals surface area contributed by atoms with Gasteiger partial charge in [0, 0.05) is 21.5 Å². The number of aryl methyl sites for hydroxylation is 2. The number of nitrogens with one attached hydrogen (secondary N) is 1. The Balaban J connectivity index is 1.91. The van der Waals surface area contributed by atoms with E-state index in [4.69, 9.17) is 5.73 Å². The summed E-state index contributed by atoms with van der Waals surface area (Å²) in [6, 6.07) is 1.93. The number of nitrogen functional groups attached to an aromatic ring is 1. The number of hydrogen-bond acceptors (Lipinski definition) is 7. The summed E-state index contributed by atoms with van der Waals surface area (Å²) in [5.41, 5.74) is 8.30. The number of pyridine rings is 1. The Hall–Kier alpha value is -2.48. The SMILES string of the molecule is Cc1cc2sc(C(=O)NCc3ncon3)c(N)c2c(C)n1. The van der Waals surface area contributed by atoms with Crippen LogP contribution < -0.4 is 11.1 Å². The van der Waals surface area contributed by atoms with E-state index >= 15 is 0 Å². The van der Waals surface area contributed by atoms with Crippen LogP contribution in [0.1, 0.15) is 26.9 Å². The van der Waals surface area contributed by atoms with Gasteiger partial charge in [-0.05, 0) is 19.9 Å². The van der Waals surface area contributed by atoms with Gasteiger partial charge in [0.05, 0.1) is 12.2 Å². The molecule has 0 saturated carbocycles. The van der Waals surface area contributed by atoms with Crippen molar-refractivity contribution in [1.82, 2.24) is 20.4 Å². The van der Waals surface area contributed by atoms with Crippen molar-refractivity contribution in [2.45, 2.75) is 20.4 Å². The normalized spacial score (nSPS) is 11.0. The van der Waals surface area contributed by atoms with Gasteiger partial charge in [0.15, 0.2) is 5.82 Å². The summed E-state index contributed by atoms with van der Waals surface area (Å²) in [4.78, 5) is 20.9. The van der Waals surface area contributed by atoms with Crippen LogP contribution in [0.5, 0.6) is 0 Å². The van der Waals surface area contributed by atoms with Gasteiger partial charge in [-0.2, -0.15) is 4.98 Å². The minimum Gasteiger partial charge on any atom is -0.397 e. The second-order valence-electron chi connectivity index (χ2n) is 4.60. The van der Waals surface area contributed by atoms with Gasteiger partial charge in [0.1, 0.15) is 4.88 Å². The van der Waals surface area contributed by atoms with E-state index < -0.39 is 0 Å². The van der Waals surface area contributed by atoms with Crippen LogP contribution >= 0.6 is 11.3 Å². The van der Waals surface area contributed by atoms with E-state index in [1.54, 1.807) is 0 Å². The summed E-state index contributed by atoms with van der Waals surface area (Å²) in [6.45, 7) is 4.00.